The van der Waals surface area contributed by atoms with Gasteiger partial charge >= 0.3 is 0 Å². The SMILES string of the molecule is CCc1cc2c(N3CCN(C(=O)C4CCC4)CC3)nc(NCCN)nc2s1. The number of carbonyl (C=O) groups is 1. The van der Waals surface area contributed by atoms with Crippen LogP contribution in [0.15, 0.2) is 6.07 Å². The number of thiophene rings is 1. The highest BCUT2D eigenvalue weighted by molar-refractivity contribution is 7.18. The monoisotopic (exact) mass is 388 g/mol. The molecule has 0 atom stereocenters. The minimum atomic E-state index is 0.276. The smallest absolute Gasteiger partial charge is 0.226 e. The molecule has 146 valence electrons. The second kappa shape index (κ2) is 7.98. The summed E-state index contributed by atoms with van der Waals surface area (Å²) in [5.41, 5.74) is 5.62. The third-order valence-corrected chi connectivity index (χ3v) is 6.72. The molecule has 2 aromatic rings. The number of nitrogens with two attached hydrogens (primary N) is 1. The van der Waals surface area contributed by atoms with Crippen molar-refractivity contribution in [1.82, 2.24) is 14.9 Å². The van der Waals surface area contributed by atoms with Crippen molar-refractivity contribution in [2.75, 3.05) is 49.5 Å². The van der Waals surface area contributed by atoms with Gasteiger partial charge in [-0.05, 0) is 25.3 Å². The number of nitrogens with zero attached hydrogens (tertiary/aromatic N) is 4. The second-order valence-electron chi connectivity index (χ2n) is 7.31. The zero-order valence-electron chi connectivity index (χ0n) is 15.9. The number of nitrogens with one attached hydrogen (secondary N) is 1. The van der Waals surface area contributed by atoms with E-state index >= 15 is 0 Å². The predicted molar refractivity (Wildman–Crippen MR) is 110 cm³/mol. The van der Waals surface area contributed by atoms with Crippen LogP contribution in [0, 0.1) is 5.92 Å². The van der Waals surface area contributed by atoms with Crippen LogP contribution in [0.3, 0.4) is 0 Å². The van der Waals surface area contributed by atoms with E-state index in [-0.39, 0.29) is 5.92 Å². The Labute approximate surface area is 163 Å². The average molecular weight is 389 g/mol. The van der Waals surface area contributed by atoms with Gasteiger partial charge in [-0.15, -0.1) is 11.3 Å². The Morgan fingerprint density at radius 2 is 2.07 bits per heavy atom. The highest BCUT2D eigenvalue weighted by Gasteiger charge is 2.31. The summed E-state index contributed by atoms with van der Waals surface area (Å²) in [6, 6.07) is 2.22. The lowest BCUT2D eigenvalue weighted by atomic mass is 9.84. The number of aromatic nitrogens is 2. The van der Waals surface area contributed by atoms with E-state index < -0.39 is 0 Å². The molecule has 8 heteroatoms. The first-order valence-corrected chi connectivity index (χ1v) is 10.8. The standard InChI is InChI=1S/C19H28N6OS/c1-2-14-12-15-16(22-19(21-7-6-20)23-17(15)27-14)24-8-10-25(11-9-24)18(26)13-4-3-5-13/h12-13H,2-11,20H2,1H3,(H,21,22,23). The maximum atomic E-state index is 12.5. The maximum absolute atomic E-state index is 12.5. The molecule has 2 aliphatic rings. The molecule has 1 aliphatic carbocycles. The Hall–Kier alpha value is -1.93. The van der Waals surface area contributed by atoms with E-state index in [0.29, 0.717) is 24.9 Å². The van der Waals surface area contributed by atoms with Crippen molar-refractivity contribution < 1.29 is 4.79 Å². The molecule has 1 saturated carbocycles. The summed E-state index contributed by atoms with van der Waals surface area (Å²) in [5, 5.41) is 4.34. The van der Waals surface area contributed by atoms with Crippen molar-refractivity contribution >= 4 is 39.2 Å². The van der Waals surface area contributed by atoms with Crippen LogP contribution in [-0.4, -0.2) is 60.0 Å². The van der Waals surface area contributed by atoms with Gasteiger partial charge in [-0.1, -0.05) is 13.3 Å². The molecule has 1 amide bonds. The summed E-state index contributed by atoms with van der Waals surface area (Å²) in [4.78, 5) is 28.6. The minimum Gasteiger partial charge on any atom is -0.353 e. The number of piperazine rings is 1. The van der Waals surface area contributed by atoms with E-state index in [1.807, 2.05) is 4.90 Å². The van der Waals surface area contributed by atoms with Gasteiger partial charge in [0.05, 0.1) is 5.39 Å². The molecule has 7 nitrogen and oxygen atoms in total. The van der Waals surface area contributed by atoms with Crippen LogP contribution in [-0.2, 0) is 11.2 Å². The van der Waals surface area contributed by atoms with E-state index in [4.69, 9.17) is 10.7 Å². The number of hydrogen-bond donors (Lipinski definition) is 2. The number of rotatable bonds is 6. The molecule has 2 fully saturated rings. The Morgan fingerprint density at radius 1 is 1.30 bits per heavy atom. The number of aryl methyl sites for hydroxylation is 1. The van der Waals surface area contributed by atoms with Gasteiger partial charge in [-0.3, -0.25) is 4.79 Å². The zero-order chi connectivity index (χ0) is 18.8. The van der Waals surface area contributed by atoms with Crippen LogP contribution in [0.4, 0.5) is 11.8 Å². The second-order valence-corrected chi connectivity index (χ2v) is 8.43. The van der Waals surface area contributed by atoms with Gasteiger partial charge in [-0.25, -0.2) is 4.98 Å². The van der Waals surface area contributed by atoms with Crippen LogP contribution >= 0.6 is 11.3 Å². The number of anilines is 2. The van der Waals surface area contributed by atoms with E-state index in [9.17, 15) is 4.79 Å². The Kier molecular flexibility index (Phi) is 5.45. The molecule has 0 bridgehead atoms. The first-order valence-electron chi connectivity index (χ1n) is 9.97. The lowest BCUT2D eigenvalue weighted by Crippen LogP contribution is -2.51. The van der Waals surface area contributed by atoms with Crippen molar-refractivity contribution in [3.8, 4) is 0 Å². The van der Waals surface area contributed by atoms with Crippen LogP contribution in [0.1, 0.15) is 31.1 Å². The zero-order valence-corrected chi connectivity index (χ0v) is 16.7. The molecule has 1 aliphatic heterocycles. The Balaban J connectivity index is 1.55. The van der Waals surface area contributed by atoms with Gasteiger partial charge in [0.25, 0.3) is 0 Å². The number of carbonyl (C=O) groups excluding carboxylic acids is 1. The summed E-state index contributed by atoms with van der Waals surface area (Å²) in [6.45, 7) is 6.55. The number of hydrogen-bond acceptors (Lipinski definition) is 7. The molecule has 4 rings (SSSR count). The third-order valence-electron chi connectivity index (χ3n) is 5.54. The molecular weight excluding hydrogens is 360 g/mol. The van der Waals surface area contributed by atoms with Crippen molar-refractivity contribution in [2.45, 2.75) is 32.6 Å². The first kappa shape index (κ1) is 18.4. The third kappa shape index (κ3) is 3.73. The van der Waals surface area contributed by atoms with Crippen molar-refractivity contribution in [3.63, 3.8) is 0 Å². The van der Waals surface area contributed by atoms with E-state index in [2.05, 4.69) is 28.2 Å². The van der Waals surface area contributed by atoms with Crippen LogP contribution in [0.25, 0.3) is 10.2 Å². The highest BCUT2D eigenvalue weighted by Crippen LogP contribution is 2.33. The molecule has 3 N–H and O–H groups in total. The molecule has 0 spiro atoms. The fourth-order valence-corrected chi connectivity index (χ4v) is 4.65. The average Bonchev–Trinajstić information content (AvgIpc) is 3.07. The maximum Gasteiger partial charge on any atom is 0.226 e. The van der Waals surface area contributed by atoms with Gasteiger partial charge in [0.1, 0.15) is 10.6 Å². The van der Waals surface area contributed by atoms with Gasteiger partial charge in [0, 0.05) is 50.1 Å². The van der Waals surface area contributed by atoms with Crippen molar-refractivity contribution in [1.29, 1.82) is 0 Å². The lowest BCUT2D eigenvalue weighted by Gasteiger charge is -2.38. The topological polar surface area (TPSA) is 87.4 Å². The normalized spacial score (nSPS) is 18.0. The summed E-state index contributed by atoms with van der Waals surface area (Å²) >= 11 is 1.73. The van der Waals surface area contributed by atoms with Gasteiger partial charge in [-0.2, -0.15) is 4.98 Å². The summed E-state index contributed by atoms with van der Waals surface area (Å²) < 4.78 is 0. The quantitative estimate of drug-likeness (QED) is 0.788. The largest absolute Gasteiger partial charge is 0.353 e. The molecule has 0 aromatic carbocycles. The molecule has 1 saturated heterocycles. The molecule has 3 heterocycles. The predicted octanol–water partition coefficient (Wildman–Crippen LogP) is 2.07. The van der Waals surface area contributed by atoms with E-state index in [1.54, 1.807) is 11.3 Å². The number of amides is 1. The number of fused-ring (bicyclic) bond motifs is 1. The summed E-state index contributed by atoms with van der Waals surface area (Å²) in [5.74, 6) is 2.24. The Morgan fingerprint density at radius 3 is 2.70 bits per heavy atom. The Bertz CT molecular complexity index is 810. The summed E-state index contributed by atoms with van der Waals surface area (Å²) in [6.07, 6.45) is 4.33. The molecule has 27 heavy (non-hydrogen) atoms. The van der Waals surface area contributed by atoms with E-state index in [0.717, 1.165) is 61.5 Å². The van der Waals surface area contributed by atoms with Gasteiger partial charge < -0.3 is 20.9 Å². The molecule has 0 unspecified atom stereocenters. The van der Waals surface area contributed by atoms with Crippen LogP contribution in [0.2, 0.25) is 0 Å². The summed E-state index contributed by atoms with van der Waals surface area (Å²) in [7, 11) is 0. The van der Waals surface area contributed by atoms with Crippen molar-refractivity contribution in [2.24, 2.45) is 11.7 Å². The van der Waals surface area contributed by atoms with Gasteiger partial charge in [0.2, 0.25) is 11.9 Å². The fourth-order valence-electron chi connectivity index (χ4n) is 3.69. The molecular formula is C19H28N6OS. The fraction of sp³-hybridized carbons (Fsp3) is 0.632. The van der Waals surface area contributed by atoms with Crippen LogP contribution < -0.4 is 16.0 Å². The molecule has 0 radical (unpaired) electrons. The minimum absolute atomic E-state index is 0.276. The van der Waals surface area contributed by atoms with Crippen molar-refractivity contribution in [3.05, 3.63) is 10.9 Å². The molecule has 2 aromatic heterocycles. The van der Waals surface area contributed by atoms with Crippen LogP contribution in [0.5, 0.6) is 0 Å². The highest BCUT2D eigenvalue weighted by atomic mass is 32.1. The van der Waals surface area contributed by atoms with Gasteiger partial charge in [0.15, 0.2) is 0 Å². The van der Waals surface area contributed by atoms with E-state index in [1.165, 1.54) is 11.3 Å². The lowest BCUT2D eigenvalue weighted by molar-refractivity contribution is -0.138. The first-order chi connectivity index (χ1) is 13.2.